The molecule has 0 spiro atoms. The van der Waals surface area contributed by atoms with Crippen molar-refractivity contribution in [2.45, 2.75) is 13.3 Å². The van der Waals surface area contributed by atoms with E-state index in [-0.39, 0.29) is 12.2 Å². The standard InChI is InChI=1S/C12H13NO3/c1-8-3-4-11(16-2)9(7-8)13-6-5-10(14)12(13)15/h3-4,7H,5-6H2,1-2H3. The van der Waals surface area contributed by atoms with E-state index >= 15 is 0 Å². The number of amides is 1. The zero-order chi connectivity index (χ0) is 11.7. The lowest BCUT2D eigenvalue weighted by molar-refractivity contribution is -0.133. The van der Waals surface area contributed by atoms with Gasteiger partial charge in [-0.1, -0.05) is 6.07 Å². The lowest BCUT2D eigenvalue weighted by atomic mass is 10.2. The van der Waals surface area contributed by atoms with Gasteiger partial charge in [-0.25, -0.2) is 0 Å². The Morgan fingerprint density at radius 2 is 2.06 bits per heavy atom. The fourth-order valence-electron chi connectivity index (χ4n) is 1.81. The molecule has 0 unspecified atom stereocenters. The lowest BCUT2D eigenvalue weighted by Gasteiger charge is -2.18. The van der Waals surface area contributed by atoms with Crippen LogP contribution in [0.2, 0.25) is 0 Å². The van der Waals surface area contributed by atoms with E-state index in [9.17, 15) is 9.59 Å². The van der Waals surface area contributed by atoms with E-state index in [0.717, 1.165) is 5.56 Å². The van der Waals surface area contributed by atoms with Gasteiger partial charge < -0.3 is 9.64 Å². The second-order valence-electron chi connectivity index (χ2n) is 3.81. The summed E-state index contributed by atoms with van der Waals surface area (Å²) in [4.78, 5) is 24.3. The Kier molecular flexibility index (Phi) is 2.64. The highest BCUT2D eigenvalue weighted by atomic mass is 16.5. The molecule has 0 N–H and O–H groups in total. The number of hydrogen-bond donors (Lipinski definition) is 0. The Labute approximate surface area is 93.8 Å². The van der Waals surface area contributed by atoms with Crippen molar-refractivity contribution in [2.24, 2.45) is 0 Å². The van der Waals surface area contributed by atoms with Gasteiger partial charge in [-0.15, -0.1) is 0 Å². The first-order chi connectivity index (χ1) is 7.63. The van der Waals surface area contributed by atoms with Gasteiger partial charge >= 0.3 is 0 Å². The summed E-state index contributed by atoms with van der Waals surface area (Å²) >= 11 is 0. The first-order valence-electron chi connectivity index (χ1n) is 5.13. The highest BCUT2D eigenvalue weighted by Crippen LogP contribution is 2.31. The molecule has 1 aliphatic heterocycles. The van der Waals surface area contributed by atoms with E-state index in [1.54, 1.807) is 13.2 Å². The molecule has 0 atom stereocenters. The number of carbonyl (C=O) groups excluding carboxylic acids is 2. The molecule has 0 saturated carbocycles. The molecule has 4 nitrogen and oxygen atoms in total. The van der Waals surface area contributed by atoms with Crippen molar-refractivity contribution in [1.29, 1.82) is 0 Å². The van der Waals surface area contributed by atoms with Crippen LogP contribution in [-0.2, 0) is 9.59 Å². The summed E-state index contributed by atoms with van der Waals surface area (Å²) in [5, 5.41) is 0. The molecule has 0 aromatic heterocycles. The summed E-state index contributed by atoms with van der Waals surface area (Å²) in [7, 11) is 1.55. The van der Waals surface area contributed by atoms with E-state index in [1.807, 2.05) is 19.1 Å². The number of Topliss-reactive ketones (excluding diaryl/α,β-unsaturated/α-hetero) is 1. The van der Waals surface area contributed by atoms with Crippen LogP contribution in [0, 0.1) is 6.92 Å². The topological polar surface area (TPSA) is 46.6 Å². The van der Waals surface area contributed by atoms with Crippen molar-refractivity contribution in [3.8, 4) is 5.75 Å². The first-order valence-corrected chi connectivity index (χ1v) is 5.13. The molecule has 1 heterocycles. The van der Waals surface area contributed by atoms with Crippen molar-refractivity contribution >= 4 is 17.4 Å². The van der Waals surface area contributed by atoms with Gasteiger partial charge in [0.25, 0.3) is 5.91 Å². The van der Waals surface area contributed by atoms with E-state index in [0.29, 0.717) is 18.0 Å². The normalized spacial score (nSPS) is 15.8. The van der Waals surface area contributed by atoms with Crippen molar-refractivity contribution in [1.82, 2.24) is 0 Å². The van der Waals surface area contributed by atoms with Crippen LogP contribution in [0.4, 0.5) is 5.69 Å². The van der Waals surface area contributed by atoms with E-state index in [2.05, 4.69) is 0 Å². The maximum absolute atomic E-state index is 11.6. The molecule has 16 heavy (non-hydrogen) atoms. The summed E-state index contributed by atoms with van der Waals surface area (Å²) in [6.45, 7) is 2.38. The molecule has 1 fully saturated rings. The third-order valence-corrected chi connectivity index (χ3v) is 2.67. The largest absolute Gasteiger partial charge is 0.495 e. The number of nitrogens with zero attached hydrogens (tertiary/aromatic N) is 1. The molecule has 1 aromatic rings. The molecular weight excluding hydrogens is 206 g/mol. The first kappa shape index (κ1) is 10.7. The van der Waals surface area contributed by atoms with Crippen LogP contribution in [0.5, 0.6) is 5.75 Å². The fourth-order valence-corrected chi connectivity index (χ4v) is 1.81. The number of ketones is 1. The molecule has 4 heteroatoms. The average Bonchev–Trinajstić information content (AvgIpc) is 2.60. The molecule has 0 bridgehead atoms. The Balaban J connectivity index is 2.43. The minimum absolute atomic E-state index is 0.288. The van der Waals surface area contributed by atoms with Crippen LogP contribution in [-0.4, -0.2) is 25.3 Å². The van der Waals surface area contributed by atoms with Gasteiger partial charge in [0.05, 0.1) is 12.8 Å². The smallest absolute Gasteiger partial charge is 0.294 e. The molecule has 0 radical (unpaired) electrons. The number of anilines is 1. The minimum Gasteiger partial charge on any atom is -0.495 e. The quantitative estimate of drug-likeness (QED) is 0.704. The number of carbonyl (C=O) groups is 2. The van der Waals surface area contributed by atoms with Crippen molar-refractivity contribution in [3.63, 3.8) is 0 Å². The zero-order valence-corrected chi connectivity index (χ0v) is 9.32. The third-order valence-electron chi connectivity index (χ3n) is 2.67. The van der Waals surface area contributed by atoms with Gasteiger partial charge in [0.2, 0.25) is 5.78 Å². The number of benzene rings is 1. The molecule has 0 aliphatic carbocycles. The molecule has 1 aromatic carbocycles. The van der Waals surface area contributed by atoms with Gasteiger partial charge in [0.1, 0.15) is 5.75 Å². The van der Waals surface area contributed by atoms with Crippen molar-refractivity contribution in [2.75, 3.05) is 18.6 Å². The second-order valence-corrected chi connectivity index (χ2v) is 3.81. The summed E-state index contributed by atoms with van der Waals surface area (Å²) in [5.41, 5.74) is 1.71. The second kappa shape index (κ2) is 3.96. The number of rotatable bonds is 2. The number of aryl methyl sites for hydroxylation is 1. The molecule has 2 rings (SSSR count). The van der Waals surface area contributed by atoms with E-state index < -0.39 is 5.91 Å². The Hall–Kier alpha value is -1.84. The van der Waals surface area contributed by atoms with Gasteiger partial charge in [-0.05, 0) is 24.6 Å². The average molecular weight is 219 g/mol. The van der Waals surface area contributed by atoms with Crippen LogP contribution in [0.15, 0.2) is 18.2 Å². The van der Waals surface area contributed by atoms with Crippen LogP contribution in [0.25, 0.3) is 0 Å². The number of methoxy groups -OCH3 is 1. The monoisotopic (exact) mass is 219 g/mol. The summed E-state index contributed by atoms with van der Waals surface area (Å²) in [6.07, 6.45) is 0.288. The third kappa shape index (κ3) is 1.66. The van der Waals surface area contributed by atoms with Crippen LogP contribution < -0.4 is 9.64 Å². The van der Waals surface area contributed by atoms with E-state index in [1.165, 1.54) is 4.90 Å². The van der Waals surface area contributed by atoms with Gasteiger partial charge in [0.15, 0.2) is 0 Å². The molecule has 1 amide bonds. The molecule has 1 saturated heterocycles. The minimum atomic E-state index is -0.441. The predicted molar refractivity (Wildman–Crippen MR) is 59.7 cm³/mol. The Morgan fingerprint density at radius 1 is 1.31 bits per heavy atom. The maximum Gasteiger partial charge on any atom is 0.294 e. The van der Waals surface area contributed by atoms with Gasteiger partial charge in [0, 0.05) is 13.0 Å². The summed E-state index contributed by atoms with van der Waals surface area (Å²) in [5.74, 6) is -0.152. The molecule has 1 aliphatic rings. The van der Waals surface area contributed by atoms with E-state index in [4.69, 9.17) is 4.74 Å². The van der Waals surface area contributed by atoms with Gasteiger partial charge in [-0.3, -0.25) is 9.59 Å². The Bertz CT molecular complexity index is 454. The number of hydrogen-bond acceptors (Lipinski definition) is 3. The van der Waals surface area contributed by atoms with Crippen LogP contribution >= 0.6 is 0 Å². The van der Waals surface area contributed by atoms with Crippen LogP contribution in [0.3, 0.4) is 0 Å². The molecular formula is C12H13NO3. The summed E-state index contributed by atoms with van der Waals surface area (Å²) in [6, 6.07) is 5.57. The maximum atomic E-state index is 11.6. The van der Waals surface area contributed by atoms with Gasteiger partial charge in [-0.2, -0.15) is 0 Å². The van der Waals surface area contributed by atoms with Crippen LogP contribution in [0.1, 0.15) is 12.0 Å². The fraction of sp³-hybridized carbons (Fsp3) is 0.333. The van der Waals surface area contributed by atoms with Crippen molar-refractivity contribution in [3.05, 3.63) is 23.8 Å². The Morgan fingerprint density at radius 3 is 2.62 bits per heavy atom. The predicted octanol–water partition coefficient (Wildman–Crippen LogP) is 1.31. The molecule has 84 valence electrons. The zero-order valence-electron chi connectivity index (χ0n) is 9.32. The summed E-state index contributed by atoms with van der Waals surface area (Å²) < 4.78 is 5.19. The number of ether oxygens (including phenoxy) is 1. The van der Waals surface area contributed by atoms with Crippen molar-refractivity contribution < 1.29 is 14.3 Å². The SMILES string of the molecule is COc1ccc(C)cc1N1CCC(=O)C1=O. The highest BCUT2D eigenvalue weighted by Gasteiger charge is 2.31. The lowest BCUT2D eigenvalue weighted by Crippen LogP contribution is -2.27. The highest BCUT2D eigenvalue weighted by molar-refractivity contribution is 6.43.